The molecule has 0 unspecified atom stereocenters. The van der Waals surface area contributed by atoms with Gasteiger partial charge in [-0.3, -0.25) is 9.48 Å². The Hall–Kier alpha value is -2.97. The smallest absolute Gasteiger partial charge is 0.305 e. The minimum absolute atomic E-state index is 0.0944. The number of nitrogens with zero attached hydrogens (tertiary/aromatic N) is 2. The summed E-state index contributed by atoms with van der Waals surface area (Å²) in [5, 5.41) is 13.4. The van der Waals surface area contributed by atoms with Crippen LogP contribution in [-0.4, -0.2) is 29.3 Å². The molecule has 3 rings (SSSR count). The van der Waals surface area contributed by atoms with E-state index in [1.807, 2.05) is 19.2 Å². The van der Waals surface area contributed by atoms with Gasteiger partial charge in [0.2, 0.25) is 10.0 Å². The van der Waals surface area contributed by atoms with Gasteiger partial charge in [-0.2, -0.15) is 5.10 Å². The molecule has 0 spiro atoms. The first kappa shape index (κ1) is 19.8. The number of sulfonamides is 1. The fourth-order valence-corrected chi connectivity index (χ4v) is 4.10. The summed E-state index contributed by atoms with van der Waals surface area (Å²) in [4.78, 5) is 11.5. The van der Waals surface area contributed by atoms with E-state index in [-0.39, 0.29) is 11.3 Å². The van der Waals surface area contributed by atoms with Crippen molar-refractivity contribution in [2.75, 3.05) is 0 Å². The van der Waals surface area contributed by atoms with Crippen LogP contribution in [0.1, 0.15) is 23.6 Å². The number of aliphatic carboxylic acids is 1. The maximum Gasteiger partial charge on any atom is 0.305 e. The minimum Gasteiger partial charge on any atom is -0.481 e. The van der Waals surface area contributed by atoms with Crippen molar-refractivity contribution < 1.29 is 18.3 Å². The van der Waals surface area contributed by atoms with E-state index in [1.54, 1.807) is 48.3 Å². The number of hydrogen-bond donors (Lipinski definition) is 2. The van der Waals surface area contributed by atoms with Crippen LogP contribution in [0.15, 0.2) is 65.8 Å². The molecule has 0 saturated heterocycles. The molecule has 2 aromatic carbocycles. The van der Waals surface area contributed by atoms with E-state index < -0.39 is 22.0 Å². The number of carboxylic acid groups (broad SMARTS) is 1. The monoisotopic (exact) mass is 399 g/mol. The highest BCUT2D eigenvalue weighted by Crippen LogP contribution is 2.26. The van der Waals surface area contributed by atoms with Gasteiger partial charge in [0.1, 0.15) is 0 Å². The first-order chi connectivity index (χ1) is 13.2. The maximum absolute atomic E-state index is 12.7. The Morgan fingerprint density at radius 3 is 2.50 bits per heavy atom. The SMILES string of the molecule is Cc1ccc(S(=O)(=O)N[C@H](CC(=O)O)c2cccc(-c3cnn(C)c3)c2)cc1. The van der Waals surface area contributed by atoms with Gasteiger partial charge in [0.25, 0.3) is 0 Å². The number of hydrogen-bond acceptors (Lipinski definition) is 4. The lowest BCUT2D eigenvalue weighted by Gasteiger charge is -2.18. The zero-order valence-electron chi connectivity index (χ0n) is 15.5. The second kappa shape index (κ2) is 7.95. The lowest BCUT2D eigenvalue weighted by Crippen LogP contribution is -2.30. The number of carboxylic acids is 1. The van der Waals surface area contributed by atoms with Crippen molar-refractivity contribution in [2.24, 2.45) is 7.05 Å². The van der Waals surface area contributed by atoms with Crippen LogP contribution < -0.4 is 4.72 Å². The van der Waals surface area contributed by atoms with Crippen LogP contribution in [0.2, 0.25) is 0 Å². The van der Waals surface area contributed by atoms with Crippen LogP contribution >= 0.6 is 0 Å². The average molecular weight is 399 g/mol. The molecule has 1 aromatic heterocycles. The number of nitrogens with one attached hydrogen (secondary N) is 1. The Kier molecular flexibility index (Phi) is 5.62. The Balaban J connectivity index is 1.94. The first-order valence-corrected chi connectivity index (χ1v) is 10.1. The normalized spacial score (nSPS) is 12.6. The summed E-state index contributed by atoms with van der Waals surface area (Å²) in [7, 11) is -2.07. The van der Waals surface area contributed by atoms with Gasteiger partial charge in [0.05, 0.1) is 23.6 Å². The number of aromatic nitrogens is 2. The van der Waals surface area contributed by atoms with Gasteiger partial charge in [-0.1, -0.05) is 35.9 Å². The quantitative estimate of drug-likeness (QED) is 0.636. The molecular weight excluding hydrogens is 378 g/mol. The second-order valence-electron chi connectivity index (χ2n) is 6.61. The average Bonchev–Trinajstić information content (AvgIpc) is 3.07. The van der Waals surface area contributed by atoms with Crippen molar-refractivity contribution >= 4 is 16.0 Å². The molecule has 0 aliphatic rings. The fourth-order valence-electron chi connectivity index (χ4n) is 2.88. The summed E-state index contributed by atoms with van der Waals surface area (Å²) in [5.74, 6) is -1.09. The van der Waals surface area contributed by atoms with Crippen molar-refractivity contribution in [3.05, 3.63) is 72.1 Å². The molecule has 0 fully saturated rings. The van der Waals surface area contributed by atoms with E-state index in [9.17, 15) is 18.3 Å². The van der Waals surface area contributed by atoms with Crippen molar-refractivity contribution in [1.29, 1.82) is 0 Å². The van der Waals surface area contributed by atoms with Crippen LogP contribution in [0.5, 0.6) is 0 Å². The van der Waals surface area contributed by atoms with Gasteiger partial charge in [0.15, 0.2) is 0 Å². The summed E-state index contributed by atoms with van der Waals surface area (Å²) in [6.45, 7) is 1.86. The third-order valence-electron chi connectivity index (χ3n) is 4.33. The van der Waals surface area contributed by atoms with Gasteiger partial charge in [0, 0.05) is 18.8 Å². The molecule has 1 atom stereocenters. The van der Waals surface area contributed by atoms with Crippen LogP contribution in [0.25, 0.3) is 11.1 Å². The Morgan fingerprint density at radius 2 is 1.89 bits per heavy atom. The summed E-state index contributed by atoms with van der Waals surface area (Å²) < 4.78 is 29.7. The molecule has 3 aromatic rings. The number of benzene rings is 2. The van der Waals surface area contributed by atoms with E-state index in [2.05, 4.69) is 9.82 Å². The summed E-state index contributed by atoms with van der Waals surface area (Å²) in [5.41, 5.74) is 3.19. The van der Waals surface area contributed by atoms with E-state index in [1.165, 1.54) is 12.1 Å². The third kappa shape index (κ3) is 4.65. The molecular formula is C20H21N3O4S. The highest BCUT2D eigenvalue weighted by molar-refractivity contribution is 7.89. The molecule has 2 N–H and O–H groups in total. The molecule has 0 amide bonds. The predicted molar refractivity (Wildman–Crippen MR) is 105 cm³/mol. The Morgan fingerprint density at radius 1 is 1.18 bits per heavy atom. The zero-order valence-corrected chi connectivity index (χ0v) is 16.3. The van der Waals surface area contributed by atoms with Gasteiger partial charge >= 0.3 is 5.97 Å². The second-order valence-corrected chi connectivity index (χ2v) is 8.33. The maximum atomic E-state index is 12.7. The molecule has 8 heteroatoms. The first-order valence-electron chi connectivity index (χ1n) is 8.64. The fraction of sp³-hybridized carbons (Fsp3) is 0.200. The van der Waals surface area contributed by atoms with E-state index in [0.29, 0.717) is 5.56 Å². The standard InChI is InChI=1S/C20H21N3O4S/c1-14-6-8-18(9-7-14)28(26,27)22-19(11-20(24)25)16-5-3-4-15(10-16)17-12-21-23(2)13-17/h3-10,12-13,19,22H,11H2,1-2H3,(H,24,25)/t19-/m1/s1. The molecule has 0 bridgehead atoms. The highest BCUT2D eigenvalue weighted by atomic mass is 32.2. The van der Waals surface area contributed by atoms with Crippen molar-refractivity contribution in [2.45, 2.75) is 24.3 Å². The molecule has 0 aliphatic heterocycles. The van der Waals surface area contributed by atoms with Crippen molar-refractivity contribution in [3.8, 4) is 11.1 Å². The van der Waals surface area contributed by atoms with Crippen LogP contribution in [-0.2, 0) is 21.9 Å². The molecule has 7 nitrogen and oxygen atoms in total. The van der Waals surface area contributed by atoms with Crippen molar-refractivity contribution in [1.82, 2.24) is 14.5 Å². The largest absolute Gasteiger partial charge is 0.481 e. The van der Waals surface area contributed by atoms with E-state index >= 15 is 0 Å². The van der Waals surface area contributed by atoms with Gasteiger partial charge in [-0.05, 0) is 36.2 Å². The van der Waals surface area contributed by atoms with E-state index in [4.69, 9.17) is 0 Å². The molecule has 0 aliphatic carbocycles. The van der Waals surface area contributed by atoms with Gasteiger partial charge < -0.3 is 5.11 Å². The van der Waals surface area contributed by atoms with Crippen LogP contribution in [0, 0.1) is 6.92 Å². The van der Waals surface area contributed by atoms with Crippen LogP contribution in [0.4, 0.5) is 0 Å². The van der Waals surface area contributed by atoms with Gasteiger partial charge in [-0.15, -0.1) is 0 Å². The lowest BCUT2D eigenvalue weighted by molar-refractivity contribution is -0.137. The minimum atomic E-state index is -3.87. The number of aryl methyl sites for hydroxylation is 2. The van der Waals surface area contributed by atoms with Crippen LogP contribution in [0.3, 0.4) is 0 Å². The molecule has 0 radical (unpaired) electrons. The lowest BCUT2D eigenvalue weighted by atomic mass is 10.00. The van der Waals surface area contributed by atoms with E-state index in [0.717, 1.165) is 16.7 Å². The Labute approximate surface area is 163 Å². The Bertz CT molecular complexity index is 1090. The van der Waals surface area contributed by atoms with Gasteiger partial charge in [-0.25, -0.2) is 13.1 Å². The van der Waals surface area contributed by atoms with Crippen molar-refractivity contribution in [3.63, 3.8) is 0 Å². The number of rotatable bonds is 7. The summed E-state index contributed by atoms with van der Waals surface area (Å²) >= 11 is 0. The topological polar surface area (TPSA) is 101 Å². The third-order valence-corrected chi connectivity index (χ3v) is 5.82. The number of carbonyl (C=O) groups is 1. The molecule has 146 valence electrons. The zero-order chi connectivity index (χ0) is 20.3. The molecule has 1 heterocycles. The summed E-state index contributed by atoms with van der Waals surface area (Å²) in [6, 6.07) is 12.6. The molecule has 28 heavy (non-hydrogen) atoms. The predicted octanol–water partition coefficient (Wildman–Crippen LogP) is 2.89. The highest BCUT2D eigenvalue weighted by Gasteiger charge is 2.24. The summed E-state index contributed by atoms with van der Waals surface area (Å²) in [6.07, 6.45) is 3.16. The molecule has 0 saturated carbocycles.